The van der Waals surface area contributed by atoms with Crippen LogP contribution in [0.15, 0.2) is 53.1 Å². The van der Waals surface area contributed by atoms with Gasteiger partial charge in [-0.25, -0.2) is 4.98 Å². The molecular formula is C18H18BrN5O. The second-order valence-corrected chi connectivity index (χ2v) is 6.22. The van der Waals surface area contributed by atoms with Gasteiger partial charge in [-0.3, -0.25) is 4.98 Å². The summed E-state index contributed by atoms with van der Waals surface area (Å²) < 4.78 is 1.02. The Morgan fingerprint density at radius 1 is 1.08 bits per heavy atom. The van der Waals surface area contributed by atoms with Gasteiger partial charge in [-0.15, -0.1) is 0 Å². The van der Waals surface area contributed by atoms with Crippen molar-refractivity contribution in [1.29, 1.82) is 0 Å². The molecule has 128 valence electrons. The summed E-state index contributed by atoms with van der Waals surface area (Å²) in [6.07, 6.45) is 1.73. The normalized spacial score (nSPS) is 10.5. The summed E-state index contributed by atoms with van der Waals surface area (Å²) in [6, 6.07) is 13.5. The van der Waals surface area contributed by atoms with E-state index in [1.807, 2.05) is 49.4 Å². The van der Waals surface area contributed by atoms with Crippen molar-refractivity contribution in [2.24, 2.45) is 0 Å². The number of nitrogens with zero attached hydrogens (tertiary/aromatic N) is 3. The van der Waals surface area contributed by atoms with Gasteiger partial charge in [0.25, 0.3) is 0 Å². The zero-order valence-corrected chi connectivity index (χ0v) is 15.3. The molecule has 0 radical (unpaired) electrons. The minimum Gasteiger partial charge on any atom is -0.395 e. The molecule has 25 heavy (non-hydrogen) atoms. The van der Waals surface area contributed by atoms with E-state index in [-0.39, 0.29) is 6.61 Å². The molecule has 0 aliphatic heterocycles. The van der Waals surface area contributed by atoms with Crippen LogP contribution in [0.25, 0.3) is 11.4 Å². The highest BCUT2D eigenvalue weighted by atomic mass is 79.9. The molecule has 0 fully saturated rings. The number of aliphatic hydroxyl groups is 1. The third-order valence-corrected chi connectivity index (χ3v) is 4.44. The van der Waals surface area contributed by atoms with Crippen LogP contribution in [0.4, 0.5) is 17.5 Å². The maximum atomic E-state index is 9.03. The second-order valence-electron chi connectivity index (χ2n) is 5.36. The number of benzene rings is 1. The molecule has 0 aliphatic rings. The van der Waals surface area contributed by atoms with E-state index < -0.39 is 0 Å². The molecule has 0 saturated carbocycles. The van der Waals surface area contributed by atoms with E-state index in [1.165, 1.54) is 0 Å². The van der Waals surface area contributed by atoms with Crippen molar-refractivity contribution in [3.63, 3.8) is 0 Å². The first kappa shape index (κ1) is 17.3. The molecule has 0 atom stereocenters. The van der Waals surface area contributed by atoms with Crippen molar-refractivity contribution < 1.29 is 5.11 Å². The van der Waals surface area contributed by atoms with Gasteiger partial charge in [-0.2, -0.15) is 4.98 Å². The van der Waals surface area contributed by atoms with E-state index >= 15 is 0 Å². The van der Waals surface area contributed by atoms with Crippen LogP contribution >= 0.6 is 15.9 Å². The first-order chi connectivity index (χ1) is 12.2. The van der Waals surface area contributed by atoms with Gasteiger partial charge in [0.05, 0.1) is 18.0 Å². The highest BCUT2D eigenvalue weighted by molar-refractivity contribution is 9.10. The number of pyridine rings is 1. The minimum absolute atomic E-state index is 0.00464. The molecule has 0 aliphatic carbocycles. The Morgan fingerprint density at radius 3 is 2.72 bits per heavy atom. The van der Waals surface area contributed by atoms with Crippen molar-refractivity contribution in [2.45, 2.75) is 6.92 Å². The highest BCUT2D eigenvalue weighted by Gasteiger charge is 2.09. The van der Waals surface area contributed by atoms with Gasteiger partial charge < -0.3 is 15.7 Å². The predicted octanol–water partition coefficient (Wildman–Crippen LogP) is 3.76. The maximum Gasteiger partial charge on any atom is 0.225 e. The number of nitrogens with one attached hydrogen (secondary N) is 2. The topological polar surface area (TPSA) is 83.0 Å². The quantitative estimate of drug-likeness (QED) is 0.585. The average molecular weight is 400 g/mol. The van der Waals surface area contributed by atoms with Gasteiger partial charge in [0.2, 0.25) is 5.95 Å². The van der Waals surface area contributed by atoms with E-state index in [2.05, 4.69) is 41.5 Å². The Kier molecular flexibility index (Phi) is 5.57. The highest BCUT2D eigenvalue weighted by Crippen LogP contribution is 2.27. The summed E-state index contributed by atoms with van der Waals surface area (Å²) in [5.41, 5.74) is 3.50. The standard InChI is InChI=1S/C18H18BrN5O/c1-12-13(19)5-4-7-14(12)22-17-11-16(15-6-2-3-8-20-15)23-18(24-17)21-9-10-25/h2-8,11,25H,9-10H2,1H3,(H2,21,22,23,24). The molecule has 3 N–H and O–H groups in total. The van der Waals surface area contributed by atoms with E-state index in [1.54, 1.807) is 6.20 Å². The van der Waals surface area contributed by atoms with Crippen LogP contribution in [0.5, 0.6) is 0 Å². The zero-order valence-electron chi connectivity index (χ0n) is 13.7. The molecule has 0 spiro atoms. The Morgan fingerprint density at radius 2 is 1.96 bits per heavy atom. The lowest BCUT2D eigenvalue weighted by Gasteiger charge is -2.13. The largest absolute Gasteiger partial charge is 0.395 e. The molecule has 1 aromatic carbocycles. The van der Waals surface area contributed by atoms with Crippen LogP contribution in [-0.2, 0) is 0 Å². The number of aromatic nitrogens is 3. The van der Waals surface area contributed by atoms with Gasteiger partial charge in [0, 0.05) is 29.0 Å². The first-order valence-corrected chi connectivity index (χ1v) is 8.64. The maximum absolute atomic E-state index is 9.03. The Hall–Kier alpha value is -2.51. The second kappa shape index (κ2) is 8.04. The predicted molar refractivity (Wildman–Crippen MR) is 103 cm³/mol. The number of hydrogen-bond acceptors (Lipinski definition) is 6. The Labute approximate surface area is 154 Å². The summed E-state index contributed by atoms with van der Waals surface area (Å²) >= 11 is 3.54. The van der Waals surface area contributed by atoms with E-state index in [4.69, 9.17) is 5.11 Å². The number of hydrogen-bond donors (Lipinski definition) is 3. The summed E-state index contributed by atoms with van der Waals surface area (Å²) in [5, 5.41) is 15.4. The van der Waals surface area contributed by atoms with E-state index in [0.717, 1.165) is 21.4 Å². The molecular weight excluding hydrogens is 382 g/mol. The molecule has 0 bridgehead atoms. The number of halogens is 1. The smallest absolute Gasteiger partial charge is 0.225 e. The monoisotopic (exact) mass is 399 g/mol. The van der Waals surface area contributed by atoms with Crippen molar-refractivity contribution >= 4 is 33.4 Å². The SMILES string of the molecule is Cc1c(Br)cccc1Nc1cc(-c2ccccn2)nc(NCCO)n1. The lowest BCUT2D eigenvalue weighted by Crippen LogP contribution is -2.10. The number of aliphatic hydroxyl groups excluding tert-OH is 1. The van der Waals surface area contributed by atoms with E-state index in [9.17, 15) is 0 Å². The molecule has 7 heteroatoms. The molecule has 3 rings (SSSR count). The van der Waals surface area contributed by atoms with Crippen molar-refractivity contribution in [3.8, 4) is 11.4 Å². The summed E-state index contributed by atoms with van der Waals surface area (Å²) in [7, 11) is 0. The van der Waals surface area contributed by atoms with Gasteiger partial charge in [0.1, 0.15) is 5.82 Å². The lowest BCUT2D eigenvalue weighted by atomic mass is 10.2. The van der Waals surface area contributed by atoms with Crippen molar-refractivity contribution in [3.05, 3.63) is 58.7 Å². The fraction of sp³-hybridized carbons (Fsp3) is 0.167. The average Bonchev–Trinajstić information content (AvgIpc) is 2.64. The third-order valence-electron chi connectivity index (χ3n) is 3.58. The number of rotatable bonds is 6. The third kappa shape index (κ3) is 4.32. The minimum atomic E-state index is 0.00464. The van der Waals surface area contributed by atoms with Crippen LogP contribution < -0.4 is 10.6 Å². The lowest BCUT2D eigenvalue weighted by molar-refractivity contribution is 0.311. The summed E-state index contributed by atoms with van der Waals surface area (Å²) in [4.78, 5) is 13.3. The molecule has 0 saturated heterocycles. The number of anilines is 3. The van der Waals surface area contributed by atoms with Crippen molar-refractivity contribution in [2.75, 3.05) is 23.8 Å². The van der Waals surface area contributed by atoms with E-state index in [0.29, 0.717) is 24.0 Å². The Bertz CT molecular complexity index is 857. The van der Waals surface area contributed by atoms with Gasteiger partial charge >= 0.3 is 0 Å². The molecule has 0 unspecified atom stereocenters. The first-order valence-electron chi connectivity index (χ1n) is 7.85. The molecule has 2 aromatic heterocycles. The fourth-order valence-corrected chi connectivity index (χ4v) is 2.65. The van der Waals surface area contributed by atoms with Crippen LogP contribution in [0, 0.1) is 6.92 Å². The van der Waals surface area contributed by atoms with Gasteiger partial charge in [-0.1, -0.05) is 28.1 Å². The van der Waals surface area contributed by atoms with Crippen LogP contribution in [0.3, 0.4) is 0 Å². The summed E-state index contributed by atoms with van der Waals surface area (Å²) in [5.74, 6) is 1.09. The molecule has 0 amide bonds. The fourth-order valence-electron chi connectivity index (χ4n) is 2.28. The molecule has 6 nitrogen and oxygen atoms in total. The molecule has 2 heterocycles. The summed E-state index contributed by atoms with van der Waals surface area (Å²) in [6.45, 7) is 2.41. The molecule has 3 aromatic rings. The Balaban J connectivity index is 1.98. The zero-order chi connectivity index (χ0) is 17.6. The van der Waals surface area contributed by atoms with Crippen molar-refractivity contribution in [1.82, 2.24) is 15.0 Å². The van der Waals surface area contributed by atoms with Gasteiger partial charge in [0.15, 0.2) is 0 Å². The van der Waals surface area contributed by atoms with Gasteiger partial charge in [-0.05, 0) is 36.8 Å². The van der Waals surface area contributed by atoms with Crippen LogP contribution in [-0.4, -0.2) is 33.2 Å². The van der Waals surface area contributed by atoms with Crippen LogP contribution in [0.2, 0.25) is 0 Å². The van der Waals surface area contributed by atoms with Crippen LogP contribution in [0.1, 0.15) is 5.56 Å².